The Bertz CT molecular complexity index is 124. The van der Waals surface area contributed by atoms with Crippen LogP contribution in [-0.4, -0.2) is 19.1 Å². The highest BCUT2D eigenvalue weighted by molar-refractivity contribution is 5.74. The van der Waals surface area contributed by atoms with E-state index in [-0.39, 0.29) is 17.9 Å². The molecule has 0 heterocycles. The van der Waals surface area contributed by atoms with E-state index in [4.69, 9.17) is 5.73 Å². The van der Waals surface area contributed by atoms with Crippen LogP contribution in [0.2, 0.25) is 0 Å². The summed E-state index contributed by atoms with van der Waals surface area (Å²) in [7, 11) is 1.40. The highest BCUT2D eigenvalue weighted by Gasteiger charge is 2.34. The van der Waals surface area contributed by atoms with Gasteiger partial charge in [-0.15, -0.1) is 0 Å². The molecule has 2 atom stereocenters. The molecule has 0 amide bonds. The average Bonchev–Trinajstić information content (AvgIpc) is 1.84. The molecule has 0 saturated heterocycles. The van der Waals surface area contributed by atoms with E-state index in [0.29, 0.717) is 0 Å². The van der Waals surface area contributed by atoms with Crippen LogP contribution in [0.15, 0.2) is 0 Å². The van der Waals surface area contributed by atoms with Crippen molar-refractivity contribution in [3.8, 4) is 0 Å². The van der Waals surface area contributed by atoms with Crippen LogP contribution in [0.5, 0.6) is 0 Å². The van der Waals surface area contributed by atoms with Crippen molar-refractivity contribution in [2.24, 2.45) is 11.7 Å². The first-order valence-electron chi connectivity index (χ1n) is 3.09. The predicted molar refractivity (Wildman–Crippen MR) is 32.7 cm³/mol. The average molecular weight is 129 g/mol. The van der Waals surface area contributed by atoms with Crippen LogP contribution in [0.3, 0.4) is 0 Å². The summed E-state index contributed by atoms with van der Waals surface area (Å²) in [4.78, 5) is 10.7. The molecule has 1 unspecified atom stereocenters. The molecule has 1 fully saturated rings. The van der Waals surface area contributed by atoms with Crippen LogP contribution in [0.25, 0.3) is 0 Å². The number of carbonyl (C=O) groups excluding carboxylic acids is 1. The Labute approximate surface area is 54.2 Å². The van der Waals surface area contributed by atoms with Crippen molar-refractivity contribution in [3.05, 3.63) is 0 Å². The summed E-state index contributed by atoms with van der Waals surface area (Å²) in [5.74, 6) is -0.177. The second kappa shape index (κ2) is 2.35. The summed E-state index contributed by atoms with van der Waals surface area (Å²) in [5, 5.41) is 0. The molecule has 1 saturated carbocycles. The molecule has 1 aliphatic rings. The molecule has 3 heteroatoms. The third kappa shape index (κ3) is 1.05. The first kappa shape index (κ1) is 6.55. The molecule has 2 N–H and O–H groups in total. The van der Waals surface area contributed by atoms with Crippen molar-refractivity contribution in [2.45, 2.75) is 18.9 Å². The Morgan fingerprint density at radius 1 is 1.67 bits per heavy atom. The maximum absolute atomic E-state index is 10.7. The molecule has 52 valence electrons. The molecule has 0 aromatic heterocycles. The summed E-state index contributed by atoms with van der Waals surface area (Å²) >= 11 is 0. The fourth-order valence-electron chi connectivity index (χ4n) is 0.970. The van der Waals surface area contributed by atoms with Crippen molar-refractivity contribution in [1.82, 2.24) is 0 Å². The van der Waals surface area contributed by atoms with Gasteiger partial charge >= 0.3 is 5.97 Å². The lowest BCUT2D eigenvalue weighted by molar-refractivity contribution is -0.149. The third-order valence-corrected chi connectivity index (χ3v) is 1.83. The first-order valence-corrected chi connectivity index (χ1v) is 3.09. The molecule has 0 bridgehead atoms. The van der Waals surface area contributed by atoms with Gasteiger partial charge in [-0.2, -0.15) is 0 Å². The zero-order valence-electron chi connectivity index (χ0n) is 5.46. The number of esters is 1. The Morgan fingerprint density at radius 2 is 2.33 bits per heavy atom. The van der Waals surface area contributed by atoms with E-state index in [9.17, 15) is 4.79 Å². The van der Waals surface area contributed by atoms with Gasteiger partial charge in [0.05, 0.1) is 13.0 Å². The van der Waals surface area contributed by atoms with Crippen molar-refractivity contribution >= 4 is 5.97 Å². The van der Waals surface area contributed by atoms with Crippen molar-refractivity contribution in [1.29, 1.82) is 0 Å². The van der Waals surface area contributed by atoms with Crippen LogP contribution in [0.4, 0.5) is 0 Å². The third-order valence-electron chi connectivity index (χ3n) is 1.83. The minimum absolute atomic E-state index is 0.0185. The largest absolute Gasteiger partial charge is 0.469 e. The van der Waals surface area contributed by atoms with Gasteiger partial charge in [-0.1, -0.05) is 0 Å². The monoisotopic (exact) mass is 129 g/mol. The number of hydrogen-bond donors (Lipinski definition) is 1. The predicted octanol–water partition coefficient (Wildman–Crippen LogP) is -0.103. The molecule has 1 aliphatic carbocycles. The van der Waals surface area contributed by atoms with E-state index in [1.165, 1.54) is 7.11 Å². The number of hydrogen-bond acceptors (Lipinski definition) is 3. The van der Waals surface area contributed by atoms with E-state index in [2.05, 4.69) is 4.74 Å². The molecule has 3 nitrogen and oxygen atoms in total. The SMILES string of the molecule is COC(=O)C1CC[C@@H]1N. The molecule has 0 aromatic rings. The molecule has 0 radical (unpaired) electrons. The molecule has 1 rings (SSSR count). The minimum atomic E-state index is -0.159. The van der Waals surface area contributed by atoms with Gasteiger partial charge in [-0.3, -0.25) is 4.79 Å². The minimum Gasteiger partial charge on any atom is -0.469 e. The zero-order chi connectivity index (χ0) is 6.85. The Kier molecular flexibility index (Phi) is 1.71. The van der Waals surface area contributed by atoms with Gasteiger partial charge in [-0.05, 0) is 12.8 Å². The van der Waals surface area contributed by atoms with Gasteiger partial charge in [0.25, 0.3) is 0 Å². The van der Waals surface area contributed by atoms with E-state index < -0.39 is 0 Å². The maximum Gasteiger partial charge on any atom is 0.310 e. The Hall–Kier alpha value is -0.570. The van der Waals surface area contributed by atoms with Crippen molar-refractivity contribution in [3.63, 3.8) is 0 Å². The second-order valence-corrected chi connectivity index (χ2v) is 2.37. The number of carbonyl (C=O) groups is 1. The lowest BCUT2D eigenvalue weighted by Gasteiger charge is -2.30. The van der Waals surface area contributed by atoms with Gasteiger partial charge < -0.3 is 10.5 Å². The van der Waals surface area contributed by atoms with E-state index >= 15 is 0 Å². The number of ether oxygens (including phenoxy) is 1. The number of rotatable bonds is 1. The lowest BCUT2D eigenvalue weighted by atomic mass is 9.80. The summed E-state index contributed by atoms with van der Waals surface area (Å²) in [6.45, 7) is 0. The van der Waals surface area contributed by atoms with E-state index in [1.807, 2.05) is 0 Å². The second-order valence-electron chi connectivity index (χ2n) is 2.37. The zero-order valence-corrected chi connectivity index (χ0v) is 5.46. The van der Waals surface area contributed by atoms with Gasteiger partial charge in [0, 0.05) is 6.04 Å². The normalized spacial score (nSPS) is 33.1. The van der Waals surface area contributed by atoms with Crippen LogP contribution in [0.1, 0.15) is 12.8 Å². The van der Waals surface area contributed by atoms with Gasteiger partial charge in [0.2, 0.25) is 0 Å². The summed E-state index contributed by atoms with van der Waals surface area (Å²) in [5.41, 5.74) is 5.50. The van der Waals surface area contributed by atoms with Crippen LogP contribution >= 0.6 is 0 Å². The van der Waals surface area contributed by atoms with Gasteiger partial charge in [0.15, 0.2) is 0 Å². The highest BCUT2D eigenvalue weighted by Crippen LogP contribution is 2.25. The quantitative estimate of drug-likeness (QED) is 0.503. The fraction of sp³-hybridized carbons (Fsp3) is 0.833. The van der Waals surface area contributed by atoms with Crippen LogP contribution in [-0.2, 0) is 9.53 Å². The van der Waals surface area contributed by atoms with Gasteiger partial charge in [0.1, 0.15) is 0 Å². The topological polar surface area (TPSA) is 52.3 Å². The maximum atomic E-state index is 10.7. The lowest BCUT2D eigenvalue weighted by Crippen LogP contribution is -2.44. The molecule has 0 aliphatic heterocycles. The molecular formula is C6H11NO2. The first-order chi connectivity index (χ1) is 4.25. The van der Waals surface area contributed by atoms with E-state index in [0.717, 1.165) is 12.8 Å². The summed E-state index contributed by atoms with van der Waals surface area (Å²) in [6, 6.07) is 0.0532. The molecular weight excluding hydrogens is 118 g/mol. The Balaban J connectivity index is 2.35. The molecule has 0 aromatic carbocycles. The van der Waals surface area contributed by atoms with Crippen molar-refractivity contribution in [2.75, 3.05) is 7.11 Å². The summed E-state index contributed by atoms with van der Waals surface area (Å²) in [6.07, 6.45) is 1.85. The number of methoxy groups -OCH3 is 1. The molecule has 9 heavy (non-hydrogen) atoms. The van der Waals surface area contributed by atoms with Gasteiger partial charge in [-0.25, -0.2) is 0 Å². The smallest absolute Gasteiger partial charge is 0.310 e. The standard InChI is InChI=1S/C6H11NO2/c1-9-6(8)4-2-3-5(4)7/h4-5H,2-3,7H2,1H3/t4?,5-/m0/s1. The van der Waals surface area contributed by atoms with E-state index in [1.54, 1.807) is 0 Å². The van der Waals surface area contributed by atoms with Crippen LogP contribution in [0, 0.1) is 5.92 Å². The van der Waals surface area contributed by atoms with Crippen LogP contribution < -0.4 is 5.73 Å². The van der Waals surface area contributed by atoms with Crippen molar-refractivity contribution < 1.29 is 9.53 Å². The number of nitrogens with two attached hydrogens (primary N) is 1. The molecule has 0 spiro atoms. The summed E-state index contributed by atoms with van der Waals surface area (Å²) < 4.78 is 4.51. The highest BCUT2D eigenvalue weighted by atomic mass is 16.5. The fourth-order valence-corrected chi connectivity index (χ4v) is 0.970. The Morgan fingerprint density at radius 3 is 2.44 bits per heavy atom.